The molecule has 0 aromatic carbocycles. The monoisotopic (exact) mass is 315 g/mol. The minimum absolute atomic E-state index is 0.0894. The molecule has 1 rings (SSSR count). The number of aliphatic hydroxyl groups is 1. The molecule has 0 atom stereocenters. The number of alkyl halides is 2. The highest BCUT2D eigenvalue weighted by Crippen LogP contribution is 2.29. The molecule has 13 heavy (non-hydrogen) atoms. The van der Waals surface area contributed by atoms with Gasteiger partial charge in [0.15, 0.2) is 0 Å². The molecule has 0 aliphatic heterocycles. The van der Waals surface area contributed by atoms with Gasteiger partial charge in [-0.25, -0.2) is 13.8 Å². The number of aromatic nitrogens is 1. The third-order valence-electron chi connectivity index (χ3n) is 1.43. The van der Waals surface area contributed by atoms with Gasteiger partial charge in [-0.1, -0.05) is 0 Å². The molecular weight excluding hydrogens is 312 g/mol. The van der Waals surface area contributed by atoms with Crippen molar-refractivity contribution >= 4 is 31.9 Å². The number of aliphatic hydroxyl groups excluding tert-OH is 1. The van der Waals surface area contributed by atoms with Crippen molar-refractivity contribution in [1.29, 1.82) is 0 Å². The number of hydrogen-bond donors (Lipinski definition) is 1. The van der Waals surface area contributed by atoms with Gasteiger partial charge < -0.3 is 5.11 Å². The van der Waals surface area contributed by atoms with Crippen LogP contribution in [0.15, 0.2) is 15.3 Å². The van der Waals surface area contributed by atoms with Gasteiger partial charge >= 0.3 is 0 Å². The van der Waals surface area contributed by atoms with Crippen molar-refractivity contribution in [2.24, 2.45) is 0 Å². The summed E-state index contributed by atoms with van der Waals surface area (Å²) < 4.78 is 25.1. The zero-order chi connectivity index (χ0) is 10.0. The van der Waals surface area contributed by atoms with Crippen LogP contribution in [0.4, 0.5) is 8.78 Å². The van der Waals surface area contributed by atoms with E-state index in [0.717, 1.165) is 0 Å². The average molecular weight is 317 g/mol. The van der Waals surface area contributed by atoms with E-state index < -0.39 is 6.43 Å². The summed E-state index contributed by atoms with van der Waals surface area (Å²) in [6.07, 6.45) is -2.60. The van der Waals surface area contributed by atoms with E-state index in [0.29, 0.717) is 10.2 Å². The molecule has 0 saturated heterocycles. The van der Waals surface area contributed by atoms with Gasteiger partial charge in [-0.05, 0) is 37.9 Å². The van der Waals surface area contributed by atoms with Gasteiger partial charge in [-0.3, -0.25) is 0 Å². The molecule has 0 radical (unpaired) electrons. The summed E-state index contributed by atoms with van der Waals surface area (Å²) in [4.78, 5) is 3.76. The predicted octanol–water partition coefficient (Wildman–Crippen LogP) is 3.04. The van der Waals surface area contributed by atoms with Crippen molar-refractivity contribution in [3.8, 4) is 0 Å². The molecule has 0 saturated carbocycles. The van der Waals surface area contributed by atoms with E-state index in [1.54, 1.807) is 0 Å². The Labute approximate surface area is 90.2 Å². The molecule has 0 fully saturated rings. The molecule has 72 valence electrons. The predicted molar refractivity (Wildman–Crippen MR) is 50.5 cm³/mol. The molecule has 1 N–H and O–H groups in total. The summed E-state index contributed by atoms with van der Waals surface area (Å²) in [5.41, 5.74) is 0.130. The van der Waals surface area contributed by atoms with Gasteiger partial charge in [0.25, 0.3) is 6.43 Å². The number of pyridine rings is 1. The molecule has 0 spiro atoms. The minimum atomic E-state index is -2.60. The Bertz CT molecular complexity index is 320. The van der Waals surface area contributed by atoms with E-state index >= 15 is 0 Å². The molecule has 0 amide bonds. The quantitative estimate of drug-likeness (QED) is 0.851. The van der Waals surface area contributed by atoms with Gasteiger partial charge in [0.2, 0.25) is 0 Å². The van der Waals surface area contributed by atoms with Crippen LogP contribution >= 0.6 is 31.9 Å². The Morgan fingerprint density at radius 1 is 1.38 bits per heavy atom. The first kappa shape index (κ1) is 11.0. The second-order valence-electron chi connectivity index (χ2n) is 2.28. The van der Waals surface area contributed by atoms with Crippen LogP contribution in [-0.4, -0.2) is 10.1 Å². The standard InChI is InChI=1S/C7H5Br2F2NO/c8-5-3(2-13)1-4(7(10)11)6(9)12-5/h1,7,13H,2H2. The van der Waals surface area contributed by atoms with Crippen LogP contribution in [0.25, 0.3) is 0 Å². The first-order valence-corrected chi connectivity index (χ1v) is 4.88. The van der Waals surface area contributed by atoms with Gasteiger partial charge in [0.1, 0.15) is 9.21 Å². The van der Waals surface area contributed by atoms with Crippen LogP contribution in [0.5, 0.6) is 0 Å². The van der Waals surface area contributed by atoms with E-state index in [9.17, 15) is 8.78 Å². The van der Waals surface area contributed by atoms with Crippen LogP contribution in [0, 0.1) is 0 Å². The van der Waals surface area contributed by atoms with Crippen molar-refractivity contribution in [2.45, 2.75) is 13.0 Å². The van der Waals surface area contributed by atoms with Gasteiger partial charge in [-0.15, -0.1) is 0 Å². The maximum absolute atomic E-state index is 12.3. The van der Waals surface area contributed by atoms with Crippen molar-refractivity contribution in [1.82, 2.24) is 4.98 Å². The second-order valence-corrected chi connectivity index (χ2v) is 3.78. The lowest BCUT2D eigenvalue weighted by Crippen LogP contribution is -1.96. The molecule has 6 heteroatoms. The van der Waals surface area contributed by atoms with Crippen LogP contribution in [-0.2, 0) is 6.61 Å². The lowest BCUT2D eigenvalue weighted by Gasteiger charge is -2.06. The van der Waals surface area contributed by atoms with Crippen molar-refractivity contribution < 1.29 is 13.9 Å². The molecular formula is C7H5Br2F2NO. The fraction of sp³-hybridized carbons (Fsp3) is 0.286. The molecule has 0 bridgehead atoms. The maximum atomic E-state index is 12.3. The highest BCUT2D eigenvalue weighted by Gasteiger charge is 2.15. The summed E-state index contributed by atoms with van der Waals surface area (Å²) in [5, 5.41) is 8.79. The topological polar surface area (TPSA) is 33.1 Å². The first-order valence-electron chi connectivity index (χ1n) is 3.30. The number of nitrogens with zero attached hydrogens (tertiary/aromatic N) is 1. The third-order valence-corrected chi connectivity index (χ3v) is 2.76. The van der Waals surface area contributed by atoms with Gasteiger partial charge in [-0.2, -0.15) is 0 Å². The Kier molecular flexibility index (Phi) is 3.75. The molecule has 1 aromatic heterocycles. The van der Waals surface area contributed by atoms with Gasteiger partial charge in [0, 0.05) is 5.56 Å². The van der Waals surface area contributed by atoms with E-state index in [-0.39, 0.29) is 16.8 Å². The smallest absolute Gasteiger partial charge is 0.266 e. The molecule has 1 aromatic rings. The van der Waals surface area contributed by atoms with E-state index in [1.807, 2.05) is 0 Å². The lowest BCUT2D eigenvalue weighted by atomic mass is 10.2. The number of hydrogen-bond acceptors (Lipinski definition) is 2. The van der Waals surface area contributed by atoms with Crippen molar-refractivity contribution in [3.05, 3.63) is 26.4 Å². The van der Waals surface area contributed by atoms with E-state index in [1.165, 1.54) is 6.07 Å². The summed E-state index contributed by atoms with van der Waals surface area (Å²) in [5.74, 6) is 0. The van der Waals surface area contributed by atoms with Crippen LogP contribution < -0.4 is 0 Å². The summed E-state index contributed by atoms with van der Waals surface area (Å²) in [7, 11) is 0. The Hall–Kier alpha value is -0.0700. The molecule has 1 heterocycles. The minimum Gasteiger partial charge on any atom is -0.392 e. The fourth-order valence-corrected chi connectivity index (χ4v) is 1.91. The summed E-state index contributed by atoms with van der Waals surface area (Å²) in [6, 6.07) is 1.21. The average Bonchev–Trinajstić information content (AvgIpc) is 2.03. The highest BCUT2D eigenvalue weighted by molar-refractivity contribution is 9.11. The highest BCUT2D eigenvalue weighted by atomic mass is 79.9. The second kappa shape index (κ2) is 4.43. The third kappa shape index (κ3) is 2.45. The van der Waals surface area contributed by atoms with E-state index in [4.69, 9.17) is 5.11 Å². The Morgan fingerprint density at radius 2 is 2.00 bits per heavy atom. The Morgan fingerprint density at radius 3 is 2.46 bits per heavy atom. The molecule has 0 aliphatic carbocycles. The maximum Gasteiger partial charge on any atom is 0.266 e. The zero-order valence-corrected chi connectivity index (χ0v) is 9.44. The molecule has 0 aliphatic rings. The van der Waals surface area contributed by atoms with Gasteiger partial charge in [0.05, 0.1) is 12.2 Å². The first-order chi connectivity index (χ1) is 6.06. The Balaban J connectivity index is 3.22. The van der Waals surface area contributed by atoms with E-state index in [2.05, 4.69) is 36.8 Å². The SMILES string of the molecule is OCc1cc(C(F)F)c(Br)nc1Br. The molecule has 0 unspecified atom stereocenters. The molecule has 2 nitrogen and oxygen atoms in total. The summed E-state index contributed by atoms with van der Waals surface area (Å²) in [6.45, 7) is -0.319. The normalized spacial score (nSPS) is 10.9. The largest absolute Gasteiger partial charge is 0.392 e. The van der Waals surface area contributed by atoms with Crippen molar-refractivity contribution in [2.75, 3.05) is 0 Å². The number of halogens is 4. The van der Waals surface area contributed by atoms with Crippen LogP contribution in [0.1, 0.15) is 17.6 Å². The van der Waals surface area contributed by atoms with Crippen molar-refractivity contribution in [3.63, 3.8) is 0 Å². The number of rotatable bonds is 2. The fourth-order valence-electron chi connectivity index (χ4n) is 0.793. The van der Waals surface area contributed by atoms with Crippen LogP contribution in [0.2, 0.25) is 0 Å². The summed E-state index contributed by atoms with van der Waals surface area (Å²) >= 11 is 5.95. The van der Waals surface area contributed by atoms with Crippen LogP contribution in [0.3, 0.4) is 0 Å². The zero-order valence-electron chi connectivity index (χ0n) is 6.27. The lowest BCUT2D eigenvalue weighted by molar-refractivity contribution is 0.149.